The van der Waals surface area contributed by atoms with E-state index in [1.165, 1.54) is 0 Å². The maximum Gasteiger partial charge on any atom is 0.495 e. The number of nitrogens with two attached hydrogens (primary N) is 1. The van der Waals surface area contributed by atoms with Crippen molar-refractivity contribution < 1.29 is 33.5 Å². The fourth-order valence-electron chi connectivity index (χ4n) is 2.92. The van der Waals surface area contributed by atoms with Gasteiger partial charge in [0, 0.05) is 24.8 Å². The number of ether oxygens (including phenoxy) is 3. The van der Waals surface area contributed by atoms with Gasteiger partial charge < -0.3 is 29.6 Å². The summed E-state index contributed by atoms with van der Waals surface area (Å²) in [7, 11) is -1.14. The molecular weight excluding hydrogens is 365 g/mol. The lowest BCUT2D eigenvalue weighted by Gasteiger charge is -2.19. The van der Waals surface area contributed by atoms with E-state index in [4.69, 9.17) is 24.6 Å². The fraction of sp³-hybridized carbons (Fsp3) is 0.579. The van der Waals surface area contributed by atoms with Crippen LogP contribution in [0.25, 0.3) is 0 Å². The first-order valence-electron chi connectivity index (χ1n) is 9.64. The highest BCUT2D eigenvalue weighted by atomic mass is 16.6. The van der Waals surface area contributed by atoms with Crippen LogP contribution in [-0.2, 0) is 23.7 Å². The molecule has 0 bridgehead atoms. The van der Waals surface area contributed by atoms with Gasteiger partial charge >= 0.3 is 19.1 Å². The van der Waals surface area contributed by atoms with E-state index in [0.717, 1.165) is 5.56 Å². The Morgan fingerprint density at radius 2 is 1.93 bits per heavy atom. The molecule has 154 valence electrons. The van der Waals surface area contributed by atoms with Crippen LogP contribution in [0.15, 0.2) is 18.2 Å². The molecule has 0 aromatic heterocycles. The van der Waals surface area contributed by atoms with Crippen LogP contribution < -0.4 is 15.9 Å². The molecule has 28 heavy (non-hydrogen) atoms. The number of fused-ring (bicyclic) bond motifs is 1. The minimum absolute atomic E-state index is 0.0225. The molecule has 3 N–H and O–H groups in total. The zero-order valence-corrected chi connectivity index (χ0v) is 16.4. The molecule has 1 aromatic carbocycles. The third-order valence-corrected chi connectivity index (χ3v) is 4.26. The van der Waals surface area contributed by atoms with Crippen LogP contribution in [0.5, 0.6) is 5.75 Å². The second-order valence-electron chi connectivity index (χ2n) is 6.58. The van der Waals surface area contributed by atoms with Gasteiger partial charge in [-0.05, 0) is 24.5 Å². The van der Waals surface area contributed by atoms with Crippen LogP contribution in [-0.4, -0.2) is 49.9 Å². The van der Waals surface area contributed by atoms with Crippen molar-refractivity contribution in [2.24, 2.45) is 5.73 Å². The molecule has 0 radical (unpaired) electrons. The number of esters is 2. The normalized spacial score (nSPS) is 16.4. The highest BCUT2D eigenvalue weighted by Gasteiger charge is 2.37. The van der Waals surface area contributed by atoms with Crippen molar-refractivity contribution in [3.8, 4) is 5.75 Å². The Bertz CT molecular complexity index is 670. The van der Waals surface area contributed by atoms with Crippen LogP contribution in [0.3, 0.4) is 0 Å². The molecule has 2 rings (SSSR count). The molecule has 2 atom stereocenters. The second-order valence-corrected chi connectivity index (χ2v) is 6.58. The van der Waals surface area contributed by atoms with E-state index in [-0.39, 0.29) is 38.1 Å². The van der Waals surface area contributed by atoms with Crippen molar-refractivity contribution in [2.45, 2.75) is 51.7 Å². The monoisotopic (exact) mass is 393 g/mol. The quantitative estimate of drug-likeness (QED) is 0.420. The summed E-state index contributed by atoms with van der Waals surface area (Å²) in [4.78, 5) is 23.5. The maximum absolute atomic E-state index is 11.9. The van der Waals surface area contributed by atoms with Gasteiger partial charge in [-0.15, -0.1) is 0 Å². The average molecular weight is 393 g/mol. The van der Waals surface area contributed by atoms with Crippen molar-refractivity contribution in [3.63, 3.8) is 0 Å². The Morgan fingerprint density at radius 1 is 1.21 bits per heavy atom. The second kappa shape index (κ2) is 11.0. The van der Waals surface area contributed by atoms with E-state index in [0.29, 0.717) is 30.5 Å². The largest absolute Gasteiger partial charge is 0.495 e. The predicted molar refractivity (Wildman–Crippen MR) is 103 cm³/mol. The highest BCUT2D eigenvalue weighted by molar-refractivity contribution is 6.62. The van der Waals surface area contributed by atoms with Crippen LogP contribution in [0.1, 0.15) is 51.2 Å². The number of carbonyl (C=O) groups is 2. The smallest absolute Gasteiger partial charge is 0.490 e. The molecule has 0 unspecified atom stereocenters. The molecule has 1 aliphatic rings. The Morgan fingerprint density at radius 3 is 2.61 bits per heavy atom. The van der Waals surface area contributed by atoms with Crippen LogP contribution >= 0.6 is 0 Å². The molecule has 1 aliphatic heterocycles. The SMILES string of the molecule is CCCC(=O)OC[C@H](COc1cccc2c1B(O)O[C@@H]2CN)OC(=O)CCC. The summed E-state index contributed by atoms with van der Waals surface area (Å²) in [5.41, 5.74) is 6.95. The minimum Gasteiger partial charge on any atom is -0.490 e. The molecule has 0 spiro atoms. The van der Waals surface area contributed by atoms with Crippen molar-refractivity contribution in [2.75, 3.05) is 19.8 Å². The van der Waals surface area contributed by atoms with Crippen molar-refractivity contribution in [1.82, 2.24) is 0 Å². The van der Waals surface area contributed by atoms with Gasteiger partial charge in [0.25, 0.3) is 0 Å². The number of carbonyl (C=O) groups excluding carboxylic acids is 2. The maximum atomic E-state index is 11.9. The molecule has 0 aliphatic carbocycles. The Balaban J connectivity index is 2.05. The van der Waals surface area contributed by atoms with Gasteiger partial charge in [-0.25, -0.2) is 0 Å². The summed E-state index contributed by atoms with van der Waals surface area (Å²) < 4.78 is 21.8. The van der Waals surface area contributed by atoms with E-state index in [9.17, 15) is 14.6 Å². The van der Waals surface area contributed by atoms with E-state index in [1.807, 2.05) is 19.9 Å². The number of rotatable bonds is 11. The van der Waals surface area contributed by atoms with Gasteiger partial charge in [0.05, 0.1) is 6.10 Å². The van der Waals surface area contributed by atoms with Crippen molar-refractivity contribution in [3.05, 3.63) is 23.8 Å². The first kappa shape index (κ1) is 22.2. The summed E-state index contributed by atoms with van der Waals surface area (Å²) in [5.74, 6) is -0.320. The van der Waals surface area contributed by atoms with E-state index in [1.54, 1.807) is 12.1 Å². The van der Waals surface area contributed by atoms with Crippen molar-refractivity contribution >= 4 is 24.5 Å². The van der Waals surface area contributed by atoms with Gasteiger partial charge in [-0.3, -0.25) is 9.59 Å². The Hall–Kier alpha value is -2.10. The average Bonchev–Trinajstić information content (AvgIpc) is 3.01. The number of benzene rings is 1. The fourth-order valence-corrected chi connectivity index (χ4v) is 2.92. The Kier molecular flexibility index (Phi) is 8.75. The van der Waals surface area contributed by atoms with Gasteiger partial charge in [-0.1, -0.05) is 26.0 Å². The van der Waals surface area contributed by atoms with Crippen LogP contribution in [0.4, 0.5) is 0 Å². The lowest BCUT2D eigenvalue weighted by atomic mass is 9.78. The third kappa shape index (κ3) is 5.95. The van der Waals surface area contributed by atoms with Crippen LogP contribution in [0, 0.1) is 0 Å². The summed E-state index contributed by atoms with van der Waals surface area (Å²) in [6.07, 6.45) is 0.740. The highest BCUT2D eigenvalue weighted by Crippen LogP contribution is 2.26. The molecule has 9 heteroatoms. The predicted octanol–water partition coefficient (Wildman–Crippen LogP) is 0.838. The Labute approximate surface area is 165 Å². The summed E-state index contributed by atoms with van der Waals surface area (Å²) in [6, 6.07) is 5.29. The molecule has 0 amide bonds. The third-order valence-electron chi connectivity index (χ3n) is 4.26. The zero-order chi connectivity index (χ0) is 20.5. The standard InChI is InChI=1S/C19H28BNO7/c1-3-6-17(22)26-12-13(27-18(23)7-4-2)11-25-15-9-5-8-14-16(10-21)28-20(24)19(14)15/h5,8-9,13,16,24H,3-4,6-7,10-12,21H2,1-2H3/t13-,16+/m0/s1. The number of hydrogen-bond acceptors (Lipinski definition) is 8. The topological polar surface area (TPSA) is 117 Å². The van der Waals surface area contributed by atoms with Crippen LogP contribution in [0.2, 0.25) is 0 Å². The van der Waals surface area contributed by atoms with Gasteiger partial charge in [0.15, 0.2) is 6.10 Å². The van der Waals surface area contributed by atoms with Gasteiger partial charge in [-0.2, -0.15) is 0 Å². The van der Waals surface area contributed by atoms with E-state index < -0.39 is 19.3 Å². The van der Waals surface area contributed by atoms with E-state index in [2.05, 4.69) is 0 Å². The summed E-state index contributed by atoms with van der Waals surface area (Å²) in [5, 5.41) is 10.2. The molecular formula is C19H28BNO7. The molecule has 1 aromatic rings. The van der Waals surface area contributed by atoms with Crippen molar-refractivity contribution in [1.29, 1.82) is 0 Å². The lowest BCUT2D eigenvalue weighted by molar-refractivity contribution is -0.160. The van der Waals surface area contributed by atoms with E-state index >= 15 is 0 Å². The zero-order valence-electron chi connectivity index (χ0n) is 16.4. The number of hydrogen-bond donors (Lipinski definition) is 2. The lowest BCUT2D eigenvalue weighted by Crippen LogP contribution is -2.34. The first-order chi connectivity index (χ1) is 13.5. The summed E-state index contributed by atoms with van der Waals surface area (Å²) >= 11 is 0. The van der Waals surface area contributed by atoms with Gasteiger partial charge in [0.1, 0.15) is 19.0 Å². The van der Waals surface area contributed by atoms with Gasteiger partial charge in [0.2, 0.25) is 0 Å². The summed E-state index contributed by atoms with van der Waals surface area (Å²) in [6.45, 7) is 3.87. The molecule has 8 nitrogen and oxygen atoms in total. The molecule has 0 saturated heterocycles. The molecule has 1 heterocycles. The minimum atomic E-state index is -1.14. The first-order valence-corrected chi connectivity index (χ1v) is 9.64. The molecule has 0 fully saturated rings. The molecule has 0 saturated carbocycles.